The molecule has 1 unspecified atom stereocenters. The minimum absolute atomic E-state index is 0. The third-order valence-electron chi connectivity index (χ3n) is 4.94. The number of halogens is 3. The van der Waals surface area contributed by atoms with Gasteiger partial charge < -0.3 is 15.5 Å². The van der Waals surface area contributed by atoms with Crippen LogP contribution in [0.1, 0.15) is 31.0 Å². The number of nitrogens with zero attached hydrogens (tertiary/aromatic N) is 3. The molecule has 1 aliphatic heterocycles. The standard InChI is InChI=1S/C20H28F2N6.HI/c1-3-23-20(24-10-5-6-15-12-25-27-14(15)2)26-16-9-11-28(13-16)19-17(21)7-4-8-18(19)22;/h4,7-8,12,16H,3,5-6,9-11,13H2,1-2H3,(H,25,27)(H2,23,24,26);1H. The predicted octanol–water partition coefficient (Wildman–Crippen LogP) is 3.38. The van der Waals surface area contributed by atoms with E-state index in [4.69, 9.17) is 0 Å². The average molecular weight is 518 g/mol. The van der Waals surface area contributed by atoms with E-state index in [-0.39, 0.29) is 35.7 Å². The number of aliphatic imine (C=N–C) groups is 1. The molecular formula is C20H29F2IN6. The van der Waals surface area contributed by atoms with Crippen LogP contribution in [0.3, 0.4) is 0 Å². The molecule has 3 N–H and O–H groups in total. The fourth-order valence-corrected chi connectivity index (χ4v) is 3.47. The maximum Gasteiger partial charge on any atom is 0.191 e. The molecule has 6 nitrogen and oxygen atoms in total. The number of aryl methyl sites for hydroxylation is 2. The Hall–Kier alpha value is -1.91. The summed E-state index contributed by atoms with van der Waals surface area (Å²) in [7, 11) is 0. The fraction of sp³-hybridized carbons (Fsp3) is 0.500. The highest BCUT2D eigenvalue weighted by molar-refractivity contribution is 14.0. The smallest absolute Gasteiger partial charge is 0.191 e. The van der Waals surface area contributed by atoms with Gasteiger partial charge in [-0.05, 0) is 50.8 Å². The Balaban J connectivity index is 0.00000300. The molecule has 0 aliphatic carbocycles. The number of rotatable bonds is 7. The number of H-pyrrole nitrogens is 1. The molecule has 0 spiro atoms. The van der Waals surface area contributed by atoms with Gasteiger partial charge in [0.25, 0.3) is 0 Å². The predicted molar refractivity (Wildman–Crippen MR) is 123 cm³/mol. The van der Waals surface area contributed by atoms with Gasteiger partial charge in [-0.15, -0.1) is 24.0 Å². The number of anilines is 1. The molecule has 0 saturated carbocycles. The molecule has 1 aromatic heterocycles. The van der Waals surface area contributed by atoms with E-state index in [9.17, 15) is 8.78 Å². The molecule has 1 aromatic carbocycles. The molecule has 1 atom stereocenters. The molecule has 0 radical (unpaired) electrons. The second kappa shape index (κ2) is 11.3. The molecule has 0 bridgehead atoms. The maximum atomic E-state index is 14.0. The van der Waals surface area contributed by atoms with Crippen LogP contribution >= 0.6 is 24.0 Å². The lowest BCUT2D eigenvalue weighted by Crippen LogP contribution is -2.44. The molecule has 1 saturated heterocycles. The lowest BCUT2D eigenvalue weighted by atomic mass is 10.1. The Morgan fingerprint density at radius 1 is 1.34 bits per heavy atom. The zero-order chi connectivity index (χ0) is 19.9. The number of hydrogen-bond donors (Lipinski definition) is 3. The highest BCUT2D eigenvalue weighted by atomic mass is 127. The lowest BCUT2D eigenvalue weighted by Gasteiger charge is -2.21. The monoisotopic (exact) mass is 518 g/mol. The van der Waals surface area contributed by atoms with Crippen LogP contribution in [0.25, 0.3) is 0 Å². The summed E-state index contributed by atoms with van der Waals surface area (Å²) < 4.78 is 28.0. The molecule has 3 rings (SSSR count). The first-order chi connectivity index (χ1) is 13.6. The van der Waals surface area contributed by atoms with Crippen molar-refractivity contribution >= 4 is 35.6 Å². The van der Waals surface area contributed by atoms with E-state index in [1.807, 2.05) is 20.0 Å². The van der Waals surface area contributed by atoms with Crippen LogP contribution in [0, 0.1) is 18.6 Å². The van der Waals surface area contributed by atoms with E-state index >= 15 is 0 Å². The van der Waals surface area contributed by atoms with Gasteiger partial charge in [0.15, 0.2) is 5.96 Å². The number of nitrogens with one attached hydrogen (secondary N) is 3. The van der Waals surface area contributed by atoms with Crippen LogP contribution in [0.4, 0.5) is 14.5 Å². The van der Waals surface area contributed by atoms with Gasteiger partial charge >= 0.3 is 0 Å². The summed E-state index contributed by atoms with van der Waals surface area (Å²) >= 11 is 0. The topological polar surface area (TPSA) is 68.3 Å². The van der Waals surface area contributed by atoms with Crippen LogP contribution < -0.4 is 15.5 Å². The van der Waals surface area contributed by atoms with Crippen molar-refractivity contribution in [3.8, 4) is 0 Å². The molecular weight excluding hydrogens is 489 g/mol. The van der Waals surface area contributed by atoms with Crippen molar-refractivity contribution in [1.82, 2.24) is 20.8 Å². The first-order valence-electron chi connectivity index (χ1n) is 9.81. The molecule has 1 fully saturated rings. The van der Waals surface area contributed by atoms with Crippen LogP contribution in [0.2, 0.25) is 0 Å². The summed E-state index contributed by atoms with van der Waals surface area (Å²) in [6.07, 6.45) is 4.51. The van der Waals surface area contributed by atoms with Crippen molar-refractivity contribution in [1.29, 1.82) is 0 Å². The Bertz CT molecular complexity index is 790. The quantitative estimate of drug-likeness (QED) is 0.228. The SMILES string of the molecule is CCNC(=NCCCc1cn[nH]c1C)NC1CCN(c2c(F)cccc2F)C1.I. The molecule has 29 heavy (non-hydrogen) atoms. The number of aromatic nitrogens is 2. The van der Waals surface area contributed by atoms with Crippen molar-refractivity contribution < 1.29 is 8.78 Å². The first-order valence-corrected chi connectivity index (χ1v) is 9.81. The van der Waals surface area contributed by atoms with Gasteiger partial charge in [-0.3, -0.25) is 10.1 Å². The van der Waals surface area contributed by atoms with Gasteiger partial charge in [0.1, 0.15) is 17.3 Å². The van der Waals surface area contributed by atoms with Gasteiger partial charge in [-0.1, -0.05) is 6.07 Å². The maximum absolute atomic E-state index is 14.0. The molecule has 9 heteroatoms. The summed E-state index contributed by atoms with van der Waals surface area (Å²) in [5.74, 6) is -0.293. The second-order valence-electron chi connectivity index (χ2n) is 7.03. The number of para-hydroxylation sites is 1. The van der Waals surface area contributed by atoms with E-state index in [1.165, 1.54) is 23.8 Å². The van der Waals surface area contributed by atoms with Crippen molar-refractivity contribution in [3.63, 3.8) is 0 Å². The molecule has 1 aliphatic rings. The Morgan fingerprint density at radius 3 is 2.76 bits per heavy atom. The highest BCUT2D eigenvalue weighted by Crippen LogP contribution is 2.26. The van der Waals surface area contributed by atoms with Crippen molar-refractivity contribution in [3.05, 3.63) is 47.3 Å². The van der Waals surface area contributed by atoms with E-state index in [0.717, 1.165) is 37.5 Å². The Morgan fingerprint density at radius 2 is 2.10 bits per heavy atom. The Kier molecular flexibility index (Phi) is 9.12. The van der Waals surface area contributed by atoms with Gasteiger partial charge in [-0.2, -0.15) is 5.10 Å². The van der Waals surface area contributed by atoms with E-state index in [0.29, 0.717) is 19.6 Å². The number of benzene rings is 1. The van der Waals surface area contributed by atoms with E-state index in [2.05, 4.69) is 25.8 Å². The molecule has 160 valence electrons. The van der Waals surface area contributed by atoms with Crippen LogP contribution in [-0.2, 0) is 6.42 Å². The van der Waals surface area contributed by atoms with Gasteiger partial charge in [-0.25, -0.2) is 8.78 Å². The third kappa shape index (κ3) is 6.28. The second-order valence-corrected chi connectivity index (χ2v) is 7.03. The van der Waals surface area contributed by atoms with Gasteiger partial charge in [0.2, 0.25) is 0 Å². The number of hydrogen-bond acceptors (Lipinski definition) is 3. The van der Waals surface area contributed by atoms with Crippen molar-refractivity contribution in [2.75, 3.05) is 31.1 Å². The third-order valence-corrected chi connectivity index (χ3v) is 4.94. The summed E-state index contributed by atoms with van der Waals surface area (Å²) in [6, 6.07) is 4.08. The molecule has 0 amide bonds. The average Bonchev–Trinajstić information content (AvgIpc) is 3.28. The largest absolute Gasteiger partial charge is 0.365 e. The normalized spacial score (nSPS) is 16.6. The summed E-state index contributed by atoms with van der Waals surface area (Å²) in [5, 5.41) is 13.6. The summed E-state index contributed by atoms with van der Waals surface area (Å²) in [4.78, 5) is 6.39. The highest BCUT2D eigenvalue weighted by Gasteiger charge is 2.27. The van der Waals surface area contributed by atoms with Gasteiger partial charge in [0.05, 0.1) is 6.20 Å². The molecule has 2 aromatic rings. The number of guanidine groups is 1. The van der Waals surface area contributed by atoms with E-state index in [1.54, 1.807) is 4.90 Å². The minimum Gasteiger partial charge on any atom is -0.365 e. The van der Waals surface area contributed by atoms with Crippen molar-refractivity contribution in [2.24, 2.45) is 4.99 Å². The first kappa shape index (κ1) is 23.4. The lowest BCUT2D eigenvalue weighted by molar-refractivity contribution is 0.576. The fourth-order valence-electron chi connectivity index (χ4n) is 3.47. The summed E-state index contributed by atoms with van der Waals surface area (Å²) in [6.45, 7) is 6.62. The number of aromatic amines is 1. The van der Waals surface area contributed by atoms with Gasteiger partial charge in [0, 0.05) is 37.9 Å². The van der Waals surface area contributed by atoms with Crippen molar-refractivity contribution in [2.45, 2.75) is 39.2 Å². The zero-order valence-corrected chi connectivity index (χ0v) is 19.2. The molecule has 2 heterocycles. The summed E-state index contributed by atoms with van der Waals surface area (Å²) in [5.41, 5.74) is 2.37. The zero-order valence-electron chi connectivity index (χ0n) is 16.8. The van der Waals surface area contributed by atoms with Crippen LogP contribution in [0.15, 0.2) is 29.4 Å². The van der Waals surface area contributed by atoms with Crippen LogP contribution in [-0.4, -0.2) is 48.4 Å². The minimum atomic E-state index is -0.518. The Labute approximate surface area is 187 Å². The van der Waals surface area contributed by atoms with Crippen LogP contribution in [0.5, 0.6) is 0 Å². The van der Waals surface area contributed by atoms with E-state index < -0.39 is 11.6 Å².